The van der Waals surface area contributed by atoms with Crippen LogP contribution in [0, 0.1) is 6.92 Å². The van der Waals surface area contributed by atoms with Crippen molar-refractivity contribution in [3.05, 3.63) is 53.1 Å². The van der Waals surface area contributed by atoms with E-state index in [1.807, 2.05) is 32.0 Å². The number of hydrogen-bond acceptors (Lipinski definition) is 4. The van der Waals surface area contributed by atoms with Crippen LogP contribution in [0.25, 0.3) is 0 Å². The van der Waals surface area contributed by atoms with Gasteiger partial charge >= 0.3 is 6.61 Å². The normalized spacial score (nSPS) is 11.0. The smallest absolute Gasteiger partial charge is 0.387 e. The predicted octanol–water partition coefficient (Wildman–Crippen LogP) is 4.49. The number of ether oxygens (including phenoxy) is 3. The van der Waals surface area contributed by atoms with Crippen molar-refractivity contribution in [2.45, 2.75) is 33.5 Å². The molecule has 0 unspecified atom stereocenters. The number of rotatable bonds is 9. The fourth-order valence-electron chi connectivity index (χ4n) is 2.74. The van der Waals surface area contributed by atoms with Crippen LogP contribution in [0.1, 0.15) is 23.6 Å². The maximum atomic E-state index is 12.6. The minimum absolute atomic E-state index is 0. The van der Waals surface area contributed by atoms with Crippen LogP contribution in [0.2, 0.25) is 0 Å². The van der Waals surface area contributed by atoms with Crippen LogP contribution in [0.3, 0.4) is 0 Å². The number of aliphatic imine (C=N–C) groups is 1. The summed E-state index contributed by atoms with van der Waals surface area (Å²) >= 11 is 0. The van der Waals surface area contributed by atoms with Gasteiger partial charge in [0, 0.05) is 25.7 Å². The van der Waals surface area contributed by atoms with Crippen molar-refractivity contribution in [2.75, 3.05) is 20.8 Å². The molecule has 0 atom stereocenters. The maximum Gasteiger partial charge on any atom is 0.387 e. The molecule has 6 nitrogen and oxygen atoms in total. The lowest BCUT2D eigenvalue weighted by Gasteiger charge is -2.16. The zero-order valence-electron chi connectivity index (χ0n) is 17.5. The average molecular weight is 535 g/mol. The Labute approximate surface area is 193 Å². The first-order valence-electron chi connectivity index (χ1n) is 9.25. The van der Waals surface area contributed by atoms with Gasteiger partial charge in [0.15, 0.2) is 17.5 Å². The van der Waals surface area contributed by atoms with Gasteiger partial charge in [-0.2, -0.15) is 8.78 Å². The molecule has 2 N–H and O–H groups in total. The summed E-state index contributed by atoms with van der Waals surface area (Å²) in [5.41, 5.74) is 2.55. The van der Waals surface area contributed by atoms with Gasteiger partial charge in [0.25, 0.3) is 0 Å². The SMILES string of the molecule is CCOc1cc(CNC(=NC)NCc2cc(C)ccc2OC(F)F)ccc1OC.I. The van der Waals surface area contributed by atoms with E-state index in [4.69, 9.17) is 9.47 Å². The molecular formula is C21H28F2IN3O3. The Hall–Kier alpha value is -2.30. The van der Waals surface area contributed by atoms with Crippen LogP contribution in [-0.2, 0) is 13.1 Å². The van der Waals surface area contributed by atoms with Gasteiger partial charge in [-0.05, 0) is 37.6 Å². The Kier molecular flexibility index (Phi) is 11.2. The van der Waals surface area contributed by atoms with Crippen LogP contribution >= 0.6 is 24.0 Å². The van der Waals surface area contributed by atoms with Crippen molar-refractivity contribution in [1.82, 2.24) is 10.6 Å². The van der Waals surface area contributed by atoms with E-state index in [2.05, 4.69) is 20.4 Å². The molecule has 0 bridgehead atoms. The number of guanidine groups is 1. The predicted molar refractivity (Wildman–Crippen MR) is 124 cm³/mol. The van der Waals surface area contributed by atoms with Crippen LogP contribution < -0.4 is 24.8 Å². The molecule has 2 aromatic carbocycles. The van der Waals surface area contributed by atoms with Crippen molar-refractivity contribution >= 4 is 29.9 Å². The highest BCUT2D eigenvalue weighted by Crippen LogP contribution is 2.28. The van der Waals surface area contributed by atoms with E-state index in [0.717, 1.165) is 11.1 Å². The van der Waals surface area contributed by atoms with E-state index in [1.165, 1.54) is 0 Å². The maximum absolute atomic E-state index is 12.6. The van der Waals surface area contributed by atoms with Gasteiger partial charge < -0.3 is 24.8 Å². The molecular weight excluding hydrogens is 507 g/mol. The molecule has 0 amide bonds. The van der Waals surface area contributed by atoms with Gasteiger partial charge in [0.2, 0.25) is 0 Å². The van der Waals surface area contributed by atoms with E-state index in [0.29, 0.717) is 36.2 Å². The van der Waals surface area contributed by atoms with Gasteiger partial charge in [0.05, 0.1) is 13.7 Å². The van der Waals surface area contributed by atoms with Crippen LogP contribution in [0.4, 0.5) is 8.78 Å². The largest absolute Gasteiger partial charge is 0.493 e. The summed E-state index contributed by atoms with van der Waals surface area (Å²) in [5.74, 6) is 2.02. The highest BCUT2D eigenvalue weighted by atomic mass is 127. The first kappa shape index (κ1) is 25.7. The first-order chi connectivity index (χ1) is 14.0. The molecule has 0 saturated carbocycles. The van der Waals surface area contributed by atoms with Gasteiger partial charge in [-0.3, -0.25) is 4.99 Å². The summed E-state index contributed by atoms with van der Waals surface area (Å²) < 4.78 is 40.7. The zero-order valence-corrected chi connectivity index (χ0v) is 19.8. The molecule has 2 rings (SSSR count). The van der Waals surface area contributed by atoms with Crippen LogP contribution in [-0.4, -0.2) is 33.3 Å². The van der Waals surface area contributed by atoms with Gasteiger partial charge in [-0.1, -0.05) is 23.8 Å². The van der Waals surface area contributed by atoms with E-state index in [1.54, 1.807) is 32.4 Å². The Morgan fingerprint density at radius 3 is 2.37 bits per heavy atom. The molecule has 0 saturated heterocycles. The molecule has 9 heteroatoms. The first-order valence-corrected chi connectivity index (χ1v) is 9.25. The molecule has 0 aliphatic heterocycles. The van der Waals surface area contributed by atoms with E-state index >= 15 is 0 Å². The lowest BCUT2D eigenvalue weighted by molar-refractivity contribution is -0.0504. The number of alkyl halides is 2. The topological polar surface area (TPSA) is 64.1 Å². The van der Waals surface area contributed by atoms with E-state index in [9.17, 15) is 8.78 Å². The van der Waals surface area contributed by atoms with Crippen molar-refractivity contribution in [3.8, 4) is 17.2 Å². The van der Waals surface area contributed by atoms with E-state index in [-0.39, 0.29) is 36.3 Å². The minimum Gasteiger partial charge on any atom is -0.493 e. The van der Waals surface area contributed by atoms with Gasteiger partial charge in [0.1, 0.15) is 5.75 Å². The molecule has 0 aliphatic carbocycles. The second kappa shape index (κ2) is 13.1. The second-order valence-corrected chi connectivity index (χ2v) is 6.19. The number of methoxy groups -OCH3 is 1. The van der Waals surface area contributed by atoms with Crippen molar-refractivity contribution in [2.24, 2.45) is 4.99 Å². The second-order valence-electron chi connectivity index (χ2n) is 6.19. The zero-order chi connectivity index (χ0) is 21.2. The molecule has 166 valence electrons. The minimum atomic E-state index is -2.87. The van der Waals surface area contributed by atoms with E-state index < -0.39 is 6.61 Å². The summed E-state index contributed by atoms with van der Waals surface area (Å²) in [7, 11) is 3.24. The Morgan fingerprint density at radius 1 is 1.03 bits per heavy atom. The monoisotopic (exact) mass is 535 g/mol. The van der Waals surface area contributed by atoms with Gasteiger partial charge in [-0.15, -0.1) is 24.0 Å². The number of nitrogens with one attached hydrogen (secondary N) is 2. The van der Waals surface area contributed by atoms with Gasteiger partial charge in [-0.25, -0.2) is 0 Å². The molecule has 0 heterocycles. The Morgan fingerprint density at radius 2 is 1.73 bits per heavy atom. The number of nitrogens with zero attached hydrogens (tertiary/aromatic N) is 1. The lowest BCUT2D eigenvalue weighted by Crippen LogP contribution is -2.36. The third-order valence-corrected chi connectivity index (χ3v) is 4.09. The molecule has 0 spiro atoms. The average Bonchev–Trinajstić information content (AvgIpc) is 2.70. The van der Waals surface area contributed by atoms with Crippen LogP contribution in [0.5, 0.6) is 17.2 Å². The highest BCUT2D eigenvalue weighted by Gasteiger charge is 2.11. The number of halogens is 3. The fraction of sp³-hybridized carbons (Fsp3) is 0.381. The fourth-order valence-corrected chi connectivity index (χ4v) is 2.74. The lowest BCUT2D eigenvalue weighted by atomic mass is 10.1. The standard InChI is InChI=1S/C21H27F2N3O3.HI/c1-5-28-19-11-15(7-9-18(19)27-4)12-25-21(24-3)26-13-16-10-14(2)6-8-17(16)29-20(22)23;/h6-11,20H,5,12-13H2,1-4H3,(H2,24,25,26);1H. The quantitative estimate of drug-likeness (QED) is 0.282. The number of aryl methyl sites for hydroxylation is 1. The third kappa shape index (κ3) is 7.85. The molecule has 0 fully saturated rings. The van der Waals surface area contributed by atoms with Crippen molar-refractivity contribution in [1.29, 1.82) is 0 Å². The summed E-state index contributed by atoms with van der Waals surface area (Å²) in [6.45, 7) is 2.25. The van der Waals surface area contributed by atoms with Crippen molar-refractivity contribution < 1.29 is 23.0 Å². The molecule has 0 radical (unpaired) electrons. The summed E-state index contributed by atoms with van der Waals surface area (Å²) in [6, 6.07) is 10.7. The molecule has 0 aromatic heterocycles. The highest BCUT2D eigenvalue weighted by molar-refractivity contribution is 14.0. The third-order valence-electron chi connectivity index (χ3n) is 4.09. The number of benzene rings is 2. The Balaban J connectivity index is 0.00000450. The molecule has 30 heavy (non-hydrogen) atoms. The van der Waals surface area contributed by atoms with Crippen LogP contribution in [0.15, 0.2) is 41.4 Å². The molecule has 0 aliphatic rings. The summed E-state index contributed by atoms with van der Waals surface area (Å²) in [6.07, 6.45) is 0. The Bertz CT molecular complexity index is 835. The molecule has 2 aromatic rings. The summed E-state index contributed by atoms with van der Waals surface area (Å²) in [5, 5.41) is 6.31. The van der Waals surface area contributed by atoms with Crippen molar-refractivity contribution in [3.63, 3.8) is 0 Å². The summed E-state index contributed by atoms with van der Waals surface area (Å²) in [4.78, 5) is 4.17. The number of hydrogen-bond donors (Lipinski definition) is 2.